The van der Waals surface area contributed by atoms with Crippen LogP contribution < -0.4 is 9.21 Å². The highest BCUT2D eigenvalue weighted by molar-refractivity contribution is 7.92. The van der Waals surface area contributed by atoms with E-state index in [4.69, 9.17) is 0 Å². The second-order valence-electron chi connectivity index (χ2n) is 7.53. The van der Waals surface area contributed by atoms with Gasteiger partial charge < -0.3 is 4.90 Å². The van der Waals surface area contributed by atoms with E-state index in [1.807, 2.05) is 25.1 Å². The highest BCUT2D eigenvalue weighted by atomic mass is 32.2. The number of nitrogens with zero attached hydrogens (tertiary/aromatic N) is 2. The average molecular weight is 421 g/mol. The van der Waals surface area contributed by atoms with Gasteiger partial charge >= 0.3 is 0 Å². The van der Waals surface area contributed by atoms with Crippen LogP contribution in [0, 0.1) is 6.92 Å². The Bertz CT molecular complexity index is 1190. The third kappa shape index (κ3) is 3.71. The molecule has 1 aliphatic heterocycles. The van der Waals surface area contributed by atoms with Crippen LogP contribution in [0.25, 0.3) is 0 Å². The molecule has 30 heavy (non-hydrogen) atoms. The molecule has 6 heteroatoms. The van der Waals surface area contributed by atoms with E-state index in [0.29, 0.717) is 17.8 Å². The van der Waals surface area contributed by atoms with Crippen molar-refractivity contribution in [2.75, 3.05) is 22.8 Å². The first-order valence-electron chi connectivity index (χ1n) is 9.93. The molecule has 0 spiro atoms. The smallest absolute Gasteiger partial charge is 0.264 e. The molecule has 3 aromatic carbocycles. The third-order valence-electron chi connectivity index (χ3n) is 5.46. The van der Waals surface area contributed by atoms with E-state index in [-0.39, 0.29) is 10.8 Å². The Balaban J connectivity index is 1.67. The van der Waals surface area contributed by atoms with Gasteiger partial charge in [-0.05, 0) is 61.7 Å². The van der Waals surface area contributed by atoms with Crippen molar-refractivity contribution in [3.63, 3.8) is 0 Å². The lowest BCUT2D eigenvalue weighted by Gasteiger charge is -2.30. The molecular formula is C24H24N2O3S. The summed E-state index contributed by atoms with van der Waals surface area (Å²) in [5.74, 6) is -0.181. The molecule has 1 heterocycles. The Hall–Kier alpha value is -3.12. The molecule has 0 bridgehead atoms. The van der Waals surface area contributed by atoms with Gasteiger partial charge in [-0.3, -0.25) is 9.10 Å². The molecule has 5 nitrogen and oxygen atoms in total. The molecule has 0 aliphatic carbocycles. The highest BCUT2D eigenvalue weighted by Gasteiger charge is 2.26. The van der Waals surface area contributed by atoms with Crippen LogP contribution in [0.4, 0.5) is 11.4 Å². The topological polar surface area (TPSA) is 57.7 Å². The summed E-state index contributed by atoms with van der Waals surface area (Å²) in [6, 6.07) is 21.3. The van der Waals surface area contributed by atoms with Crippen molar-refractivity contribution in [1.29, 1.82) is 0 Å². The number of para-hydroxylation sites is 1. The first kappa shape index (κ1) is 20.2. The maximum Gasteiger partial charge on any atom is 0.264 e. The highest BCUT2D eigenvalue weighted by Crippen LogP contribution is 2.30. The molecule has 3 aromatic rings. The van der Waals surface area contributed by atoms with Crippen molar-refractivity contribution in [3.05, 3.63) is 89.5 Å². The summed E-state index contributed by atoms with van der Waals surface area (Å²) >= 11 is 0. The Morgan fingerprint density at radius 1 is 0.967 bits per heavy atom. The normalized spacial score (nSPS) is 13.6. The lowest BCUT2D eigenvalue weighted by Crippen LogP contribution is -2.35. The van der Waals surface area contributed by atoms with Crippen molar-refractivity contribution in [2.24, 2.45) is 0 Å². The van der Waals surface area contributed by atoms with Crippen LogP contribution in [-0.2, 0) is 16.4 Å². The van der Waals surface area contributed by atoms with Crippen LogP contribution in [0.3, 0.4) is 0 Å². The predicted molar refractivity (Wildman–Crippen MR) is 120 cm³/mol. The zero-order valence-corrected chi connectivity index (χ0v) is 17.9. The summed E-state index contributed by atoms with van der Waals surface area (Å²) in [6.45, 7) is 2.66. The van der Waals surface area contributed by atoms with Crippen molar-refractivity contribution in [2.45, 2.75) is 24.7 Å². The molecule has 0 saturated heterocycles. The van der Waals surface area contributed by atoms with Gasteiger partial charge in [0.15, 0.2) is 0 Å². The van der Waals surface area contributed by atoms with Gasteiger partial charge in [-0.25, -0.2) is 8.42 Å². The molecular weight excluding hydrogens is 396 g/mol. The number of anilines is 2. The SMILES string of the molecule is Cc1ccc2c(c1)CCCN2C(=O)c1cccc(S(=O)(=O)N(C)c2ccccc2)c1. The summed E-state index contributed by atoms with van der Waals surface area (Å²) in [6.07, 6.45) is 1.83. The standard InChI is InChI=1S/C24H24N2O3S/c1-18-13-14-23-19(16-18)9-7-15-26(23)24(27)20-8-6-12-22(17-20)30(28,29)25(2)21-10-4-3-5-11-21/h3-6,8,10-14,16-17H,7,9,15H2,1-2H3. The summed E-state index contributed by atoms with van der Waals surface area (Å²) < 4.78 is 27.5. The summed E-state index contributed by atoms with van der Waals surface area (Å²) in [4.78, 5) is 15.1. The number of carbonyl (C=O) groups excluding carboxylic acids is 1. The van der Waals surface area contributed by atoms with Gasteiger partial charge in [0.25, 0.3) is 15.9 Å². The van der Waals surface area contributed by atoms with E-state index in [2.05, 4.69) is 6.07 Å². The number of fused-ring (bicyclic) bond motifs is 1. The van der Waals surface area contributed by atoms with E-state index >= 15 is 0 Å². The van der Waals surface area contributed by atoms with E-state index < -0.39 is 10.0 Å². The Morgan fingerprint density at radius 3 is 2.50 bits per heavy atom. The molecule has 0 atom stereocenters. The van der Waals surface area contributed by atoms with E-state index in [9.17, 15) is 13.2 Å². The maximum absolute atomic E-state index is 13.3. The Morgan fingerprint density at radius 2 is 1.73 bits per heavy atom. The van der Waals surface area contributed by atoms with Crippen molar-refractivity contribution < 1.29 is 13.2 Å². The van der Waals surface area contributed by atoms with Crippen molar-refractivity contribution >= 4 is 27.3 Å². The maximum atomic E-state index is 13.3. The second kappa shape index (κ2) is 7.95. The molecule has 1 amide bonds. The number of sulfonamides is 1. The molecule has 0 saturated carbocycles. The number of carbonyl (C=O) groups is 1. The van der Waals surface area contributed by atoms with Crippen molar-refractivity contribution in [3.8, 4) is 0 Å². The van der Waals surface area contributed by atoms with Gasteiger partial charge in [-0.1, -0.05) is 42.0 Å². The second-order valence-corrected chi connectivity index (χ2v) is 9.50. The lowest BCUT2D eigenvalue weighted by atomic mass is 9.99. The molecule has 0 unspecified atom stereocenters. The van der Waals surface area contributed by atoms with Gasteiger partial charge in [-0.15, -0.1) is 0 Å². The summed E-state index contributed by atoms with van der Waals surface area (Å²) in [7, 11) is -2.27. The van der Waals surface area contributed by atoms with Crippen LogP contribution in [0.5, 0.6) is 0 Å². The van der Waals surface area contributed by atoms with Gasteiger partial charge in [-0.2, -0.15) is 0 Å². The molecule has 0 fully saturated rings. The fraction of sp³-hybridized carbons (Fsp3) is 0.208. The van der Waals surface area contributed by atoms with Crippen LogP contribution >= 0.6 is 0 Å². The minimum atomic E-state index is -3.78. The fourth-order valence-corrected chi connectivity index (χ4v) is 5.06. The van der Waals surface area contributed by atoms with E-state index in [1.54, 1.807) is 41.3 Å². The average Bonchev–Trinajstić information content (AvgIpc) is 2.78. The number of hydrogen-bond donors (Lipinski definition) is 0. The Kier molecular flexibility index (Phi) is 5.35. The number of rotatable bonds is 4. The zero-order chi connectivity index (χ0) is 21.3. The van der Waals surface area contributed by atoms with Crippen LogP contribution in [-0.4, -0.2) is 27.9 Å². The molecule has 0 N–H and O–H groups in total. The lowest BCUT2D eigenvalue weighted by molar-refractivity contribution is 0.0985. The quantitative estimate of drug-likeness (QED) is 0.628. The number of benzene rings is 3. The van der Waals surface area contributed by atoms with E-state index in [0.717, 1.165) is 24.1 Å². The number of aryl methyl sites for hydroxylation is 2. The zero-order valence-electron chi connectivity index (χ0n) is 17.1. The minimum absolute atomic E-state index is 0.0980. The van der Waals surface area contributed by atoms with E-state index in [1.165, 1.54) is 29.0 Å². The van der Waals surface area contributed by atoms with Gasteiger partial charge in [0.2, 0.25) is 0 Å². The molecule has 1 aliphatic rings. The van der Waals surface area contributed by atoms with Gasteiger partial charge in [0.05, 0.1) is 10.6 Å². The van der Waals surface area contributed by atoms with Gasteiger partial charge in [0.1, 0.15) is 0 Å². The fourth-order valence-electron chi connectivity index (χ4n) is 3.82. The molecule has 0 radical (unpaired) electrons. The van der Waals surface area contributed by atoms with Crippen LogP contribution in [0.15, 0.2) is 77.7 Å². The molecule has 0 aromatic heterocycles. The summed E-state index contributed by atoms with van der Waals surface area (Å²) in [5, 5.41) is 0. The van der Waals surface area contributed by atoms with Crippen LogP contribution in [0.2, 0.25) is 0 Å². The molecule has 154 valence electrons. The third-order valence-corrected chi connectivity index (χ3v) is 7.24. The largest absolute Gasteiger partial charge is 0.308 e. The first-order valence-corrected chi connectivity index (χ1v) is 11.4. The first-order chi connectivity index (χ1) is 14.4. The number of amides is 1. The minimum Gasteiger partial charge on any atom is -0.308 e. The number of hydrogen-bond acceptors (Lipinski definition) is 3. The van der Waals surface area contributed by atoms with Gasteiger partial charge in [0, 0.05) is 24.8 Å². The Labute approximate surface area is 177 Å². The predicted octanol–water partition coefficient (Wildman–Crippen LogP) is 4.41. The monoisotopic (exact) mass is 420 g/mol. The summed E-state index contributed by atoms with van der Waals surface area (Å²) in [5.41, 5.74) is 4.16. The van der Waals surface area contributed by atoms with Crippen LogP contribution in [0.1, 0.15) is 27.9 Å². The van der Waals surface area contributed by atoms with Crippen molar-refractivity contribution in [1.82, 2.24) is 0 Å². The molecule has 4 rings (SSSR count).